The van der Waals surface area contributed by atoms with Gasteiger partial charge in [0.15, 0.2) is 0 Å². The van der Waals surface area contributed by atoms with Gasteiger partial charge in [-0.05, 0) is 30.0 Å². The van der Waals surface area contributed by atoms with Crippen LogP contribution in [0.5, 0.6) is 0 Å². The molecule has 4 heteroatoms. The summed E-state index contributed by atoms with van der Waals surface area (Å²) in [6, 6.07) is 9.02. The zero-order valence-electron chi connectivity index (χ0n) is 10.1. The van der Waals surface area contributed by atoms with E-state index in [1.807, 2.05) is 4.90 Å². The first kappa shape index (κ1) is 11.2. The van der Waals surface area contributed by atoms with E-state index in [0.29, 0.717) is 23.0 Å². The van der Waals surface area contributed by atoms with Gasteiger partial charge in [-0.1, -0.05) is 6.07 Å². The summed E-state index contributed by atoms with van der Waals surface area (Å²) < 4.78 is 0. The molecule has 18 heavy (non-hydrogen) atoms. The zero-order valence-corrected chi connectivity index (χ0v) is 10.1. The molecule has 2 saturated heterocycles. The maximum absolute atomic E-state index is 12.3. The molecule has 2 heterocycles. The second-order valence-corrected chi connectivity index (χ2v) is 5.08. The van der Waals surface area contributed by atoms with Gasteiger partial charge in [-0.2, -0.15) is 5.26 Å². The van der Waals surface area contributed by atoms with Gasteiger partial charge in [-0.3, -0.25) is 4.79 Å². The molecule has 2 fully saturated rings. The van der Waals surface area contributed by atoms with Gasteiger partial charge in [-0.25, -0.2) is 0 Å². The fourth-order valence-corrected chi connectivity index (χ4v) is 2.93. The molecule has 0 aliphatic carbocycles. The lowest BCUT2D eigenvalue weighted by atomic mass is 10.0. The van der Waals surface area contributed by atoms with E-state index in [1.54, 1.807) is 24.3 Å². The third-order valence-electron chi connectivity index (χ3n) is 3.92. The number of nitrogens with one attached hydrogen (secondary N) is 1. The largest absolute Gasteiger partial charge is 0.338 e. The molecule has 92 valence electrons. The van der Waals surface area contributed by atoms with Crippen molar-refractivity contribution in [2.75, 3.05) is 26.2 Å². The van der Waals surface area contributed by atoms with Crippen molar-refractivity contribution in [2.45, 2.75) is 0 Å². The summed E-state index contributed by atoms with van der Waals surface area (Å²) in [5.74, 6) is 1.27. The number of hydrogen-bond donors (Lipinski definition) is 1. The van der Waals surface area contributed by atoms with Crippen LogP contribution in [0.4, 0.5) is 0 Å². The van der Waals surface area contributed by atoms with E-state index in [4.69, 9.17) is 5.26 Å². The molecular weight excluding hydrogens is 226 g/mol. The number of fused-ring (bicyclic) bond motifs is 1. The number of nitrogens with zero attached hydrogens (tertiary/aromatic N) is 2. The van der Waals surface area contributed by atoms with Crippen molar-refractivity contribution in [1.29, 1.82) is 5.26 Å². The van der Waals surface area contributed by atoms with Crippen LogP contribution in [-0.2, 0) is 0 Å². The molecule has 1 aromatic rings. The number of likely N-dealkylation sites (tertiary alicyclic amines) is 1. The zero-order chi connectivity index (χ0) is 12.5. The number of carbonyl (C=O) groups excluding carboxylic acids is 1. The lowest BCUT2D eigenvalue weighted by molar-refractivity contribution is 0.0781. The average molecular weight is 241 g/mol. The monoisotopic (exact) mass is 241 g/mol. The second kappa shape index (κ2) is 4.43. The predicted molar refractivity (Wildman–Crippen MR) is 66.9 cm³/mol. The van der Waals surface area contributed by atoms with Crippen LogP contribution in [0, 0.1) is 23.2 Å². The highest BCUT2D eigenvalue weighted by Gasteiger charge is 2.38. The number of rotatable bonds is 1. The number of carbonyl (C=O) groups is 1. The van der Waals surface area contributed by atoms with Crippen molar-refractivity contribution in [3.8, 4) is 6.07 Å². The highest BCUT2D eigenvalue weighted by atomic mass is 16.2. The molecule has 3 rings (SSSR count). The van der Waals surface area contributed by atoms with E-state index in [0.717, 1.165) is 26.2 Å². The van der Waals surface area contributed by atoms with E-state index in [2.05, 4.69) is 11.4 Å². The third kappa shape index (κ3) is 1.87. The minimum absolute atomic E-state index is 0.0569. The van der Waals surface area contributed by atoms with Crippen LogP contribution in [0.25, 0.3) is 0 Å². The molecule has 0 spiro atoms. The Morgan fingerprint density at radius 2 is 2.06 bits per heavy atom. The van der Waals surface area contributed by atoms with Crippen LogP contribution in [0.1, 0.15) is 15.9 Å². The molecule has 0 bridgehead atoms. The Morgan fingerprint density at radius 1 is 1.33 bits per heavy atom. The van der Waals surface area contributed by atoms with Gasteiger partial charge in [0.1, 0.15) is 0 Å². The molecule has 0 aromatic heterocycles. The molecular formula is C14H15N3O. The van der Waals surface area contributed by atoms with Crippen LogP contribution in [0.3, 0.4) is 0 Å². The molecule has 0 unspecified atom stereocenters. The standard InChI is InChI=1S/C14H15N3O/c15-5-10-2-1-3-11(4-10)14(18)17-8-12-6-16-7-13(12)9-17/h1-4,12-13,16H,6-9H2/t12-,13+. The van der Waals surface area contributed by atoms with Crippen LogP contribution in [0.15, 0.2) is 24.3 Å². The SMILES string of the molecule is N#Cc1cccc(C(=O)N2C[C@H]3CNC[C@H]3C2)c1. The molecule has 4 nitrogen and oxygen atoms in total. The van der Waals surface area contributed by atoms with Crippen molar-refractivity contribution < 1.29 is 4.79 Å². The molecule has 0 radical (unpaired) electrons. The first-order valence-electron chi connectivity index (χ1n) is 6.28. The van der Waals surface area contributed by atoms with Crippen LogP contribution in [0.2, 0.25) is 0 Å². The normalized spacial score (nSPS) is 25.8. The first-order valence-corrected chi connectivity index (χ1v) is 6.28. The number of amides is 1. The molecule has 2 atom stereocenters. The topological polar surface area (TPSA) is 56.1 Å². The van der Waals surface area contributed by atoms with Gasteiger partial charge >= 0.3 is 0 Å². The molecule has 2 aliphatic rings. The average Bonchev–Trinajstić information content (AvgIpc) is 2.98. The summed E-state index contributed by atoms with van der Waals surface area (Å²) in [4.78, 5) is 14.3. The Balaban J connectivity index is 1.77. The van der Waals surface area contributed by atoms with Crippen molar-refractivity contribution in [3.63, 3.8) is 0 Å². The maximum atomic E-state index is 12.3. The Labute approximate surface area is 106 Å². The molecule has 1 aromatic carbocycles. The Morgan fingerprint density at radius 3 is 2.72 bits per heavy atom. The summed E-state index contributed by atoms with van der Waals surface area (Å²) in [6.07, 6.45) is 0. The van der Waals surface area contributed by atoms with Gasteiger partial charge in [0.05, 0.1) is 11.6 Å². The minimum Gasteiger partial charge on any atom is -0.338 e. The smallest absolute Gasteiger partial charge is 0.253 e. The van der Waals surface area contributed by atoms with Gasteiger partial charge in [0.25, 0.3) is 5.91 Å². The van der Waals surface area contributed by atoms with Crippen molar-refractivity contribution >= 4 is 5.91 Å². The van der Waals surface area contributed by atoms with Crippen molar-refractivity contribution in [2.24, 2.45) is 11.8 Å². The van der Waals surface area contributed by atoms with E-state index in [-0.39, 0.29) is 5.91 Å². The number of nitriles is 1. The molecule has 0 saturated carbocycles. The highest BCUT2D eigenvalue weighted by molar-refractivity contribution is 5.94. The lowest BCUT2D eigenvalue weighted by Gasteiger charge is -2.17. The van der Waals surface area contributed by atoms with Gasteiger partial charge < -0.3 is 10.2 Å². The summed E-state index contributed by atoms with van der Waals surface area (Å²) in [5, 5.41) is 12.2. The van der Waals surface area contributed by atoms with Gasteiger partial charge in [0, 0.05) is 31.7 Å². The fraction of sp³-hybridized carbons (Fsp3) is 0.429. The third-order valence-corrected chi connectivity index (χ3v) is 3.92. The summed E-state index contributed by atoms with van der Waals surface area (Å²) in [7, 11) is 0. The van der Waals surface area contributed by atoms with E-state index < -0.39 is 0 Å². The maximum Gasteiger partial charge on any atom is 0.253 e. The quantitative estimate of drug-likeness (QED) is 0.793. The fourth-order valence-electron chi connectivity index (χ4n) is 2.93. The molecule has 1 amide bonds. The Hall–Kier alpha value is -1.86. The summed E-state index contributed by atoms with van der Waals surface area (Å²) in [6.45, 7) is 3.72. The highest BCUT2D eigenvalue weighted by Crippen LogP contribution is 2.27. The first-order chi connectivity index (χ1) is 8.78. The van der Waals surface area contributed by atoms with Gasteiger partial charge in [0.2, 0.25) is 0 Å². The van der Waals surface area contributed by atoms with E-state index in [9.17, 15) is 4.79 Å². The van der Waals surface area contributed by atoms with Crippen molar-refractivity contribution in [3.05, 3.63) is 35.4 Å². The molecule has 1 N–H and O–H groups in total. The number of benzene rings is 1. The summed E-state index contributed by atoms with van der Waals surface area (Å²) >= 11 is 0. The molecule has 2 aliphatic heterocycles. The predicted octanol–water partition coefficient (Wildman–Crippen LogP) is 0.850. The van der Waals surface area contributed by atoms with Gasteiger partial charge in [-0.15, -0.1) is 0 Å². The Kier molecular flexibility index (Phi) is 2.77. The summed E-state index contributed by atoms with van der Waals surface area (Å²) in [5.41, 5.74) is 1.17. The van der Waals surface area contributed by atoms with Crippen molar-refractivity contribution in [1.82, 2.24) is 10.2 Å². The number of hydrogen-bond acceptors (Lipinski definition) is 3. The van der Waals surface area contributed by atoms with E-state index >= 15 is 0 Å². The Bertz CT molecular complexity index is 508. The second-order valence-electron chi connectivity index (χ2n) is 5.08. The van der Waals surface area contributed by atoms with Crippen LogP contribution >= 0.6 is 0 Å². The lowest BCUT2D eigenvalue weighted by Crippen LogP contribution is -2.31. The minimum atomic E-state index is 0.0569. The van der Waals surface area contributed by atoms with E-state index in [1.165, 1.54) is 0 Å². The van der Waals surface area contributed by atoms with Crippen LogP contribution < -0.4 is 5.32 Å². The van der Waals surface area contributed by atoms with Crippen LogP contribution in [-0.4, -0.2) is 37.0 Å².